The molecule has 8 nitrogen and oxygen atoms in total. The molecule has 172 valence electrons. The van der Waals surface area contributed by atoms with Crippen LogP contribution in [0.25, 0.3) is 0 Å². The molecule has 1 N–H and O–H groups in total. The van der Waals surface area contributed by atoms with Crippen molar-refractivity contribution < 1.29 is 18.1 Å². The third-order valence-corrected chi connectivity index (χ3v) is 7.53. The number of sulfonamides is 1. The first-order valence-electron chi connectivity index (χ1n) is 9.30. The molecule has 33 heavy (non-hydrogen) atoms. The standard InChI is InChI=1S/C21H16BrCl2N3O5S/c22-15-5-7-18(8-6-15)33(31,32)26(12-14-4-9-19(23)20(24)10-14)13-21(28)25-16-2-1-3-17(11-16)27(29)30/h1-11H,12-13H2,(H,25,28). The van der Waals surface area contributed by atoms with Gasteiger partial charge in [0.15, 0.2) is 0 Å². The van der Waals surface area contributed by atoms with E-state index in [1.54, 1.807) is 18.2 Å². The van der Waals surface area contributed by atoms with Crippen LogP contribution in [0.15, 0.2) is 76.1 Å². The molecular weight excluding hydrogens is 557 g/mol. The van der Waals surface area contributed by atoms with Crippen molar-refractivity contribution in [3.63, 3.8) is 0 Å². The lowest BCUT2D eigenvalue weighted by Gasteiger charge is -2.22. The number of amides is 1. The number of carbonyl (C=O) groups excluding carboxylic acids is 1. The summed E-state index contributed by atoms with van der Waals surface area (Å²) < 4.78 is 28.3. The van der Waals surface area contributed by atoms with Gasteiger partial charge in [0.2, 0.25) is 15.9 Å². The molecule has 0 aliphatic heterocycles. The minimum Gasteiger partial charge on any atom is -0.325 e. The molecule has 0 aliphatic rings. The lowest BCUT2D eigenvalue weighted by Crippen LogP contribution is -2.37. The summed E-state index contributed by atoms with van der Waals surface area (Å²) in [7, 11) is -4.08. The van der Waals surface area contributed by atoms with Crippen LogP contribution < -0.4 is 5.32 Å². The molecule has 1 amide bonds. The smallest absolute Gasteiger partial charge is 0.271 e. The van der Waals surface area contributed by atoms with Gasteiger partial charge < -0.3 is 5.32 Å². The SMILES string of the molecule is O=C(CN(Cc1ccc(Cl)c(Cl)c1)S(=O)(=O)c1ccc(Br)cc1)Nc1cccc([N+](=O)[O-])c1. The number of nitro groups is 1. The Hall–Kier alpha value is -2.50. The van der Waals surface area contributed by atoms with Crippen LogP contribution in [0.1, 0.15) is 5.56 Å². The average Bonchev–Trinajstić information content (AvgIpc) is 2.76. The minimum absolute atomic E-state index is 0.00564. The number of halogens is 3. The minimum atomic E-state index is -4.08. The fourth-order valence-electron chi connectivity index (χ4n) is 2.88. The summed E-state index contributed by atoms with van der Waals surface area (Å²) in [5.41, 5.74) is 0.487. The number of nitro benzene ring substituents is 1. The molecule has 3 aromatic rings. The van der Waals surface area contributed by atoms with E-state index in [1.807, 2.05) is 0 Å². The van der Waals surface area contributed by atoms with Crippen molar-refractivity contribution in [3.8, 4) is 0 Å². The number of anilines is 1. The first kappa shape index (κ1) is 25.1. The Bertz CT molecular complexity index is 1300. The van der Waals surface area contributed by atoms with Gasteiger partial charge in [-0.25, -0.2) is 8.42 Å². The predicted octanol–water partition coefficient (Wildman–Crippen LogP) is 5.49. The zero-order valence-corrected chi connectivity index (χ0v) is 20.7. The van der Waals surface area contributed by atoms with Crippen molar-refractivity contribution in [1.82, 2.24) is 4.31 Å². The Morgan fingerprint density at radius 1 is 1.03 bits per heavy atom. The van der Waals surface area contributed by atoms with Crippen molar-refractivity contribution in [1.29, 1.82) is 0 Å². The fraction of sp³-hybridized carbons (Fsp3) is 0.0952. The van der Waals surface area contributed by atoms with Crippen molar-refractivity contribution in [2.45, 2.75) is 11.4 Å². The molecule has 12 heteroatoms. The lowest BCUT2D eigenvalue weighted by molar-refractivity contribution is -0.384. The summed E-state index contributed by atoms with van der Waals surface area (Å²) in [5, 5.41) is 14.0. The van der Waals surface area contributed by atoms with E-state index in [0.717, 1.165) is 4.31 Å². The monoisotopic (exact) mass is 571 g/mol. The highest BCUT2D eigenvalue weighted by atomic mass is 79.9. The Morgan fingerprint density at radius 2 is 1.73 bits per heavy atom. The van der Waals surface area contributed by atoms with Gasteiger partial charge in [0.25, 0.3) is 5.69 Å². The van der Waals surface area contributed by atoms with Crippen LogP contribution in [-0.4, -0.2) is 30.1 Å². The quantitative estimate of drug-likeness (QED) is 0.283. The maximum atomic E-state index is 13.3. The van der Waals surface area contributed by atoms with Gasteiger partial charge in [0.05, 0.1) is 26.4 Å². The normalized spacial score (nSPS) is 11.4. The largest absolute Gasteiger partial charge is 0.325 e. The second-order valence-electron chi connectivity index (χ2n) is 6.83. The van der Waals surface area contributed by atoms with Gasteiger partial charge in [0, 0.05) is 28.8 Å². The lowest BCUT2D eigenvalue weighted by atomic mass is 10.2. The van der Waals surface area contributed by atoms with E-state index in [1.165, 1.54) is 48.5 Å². The molecule has 0 saturated heterocycles. The number of nitrogens with one attached hydrogen (secondary N) is 1. The molecule has 0 atom stereocenters. The van der Waals surface area contributed by atoms with Gasteiger partial charge in [0.1, 0.15) is 0 Å². The molecule has 0 fully saturated rings. The molecule has 0 saturated carbocycles. The maximum absolute atomic E-state index is 13.3. The number of hydrogen-bond acceptors (Lipinski definition) is 5. The van der Waals surface area contributed by atoms with E-state index in [4.69, 9.17) is 23.2 Å². The second kappa shape index (κ2) is 10.6. The summed E-state index contributed by atoms with van der Waals surface area (Å²) >= 11 is 15.3. The van der Waals surface area contributed by atoms with E-state index in [9.17, 15) is 23.3 Å². The number of benzene rings is 3. The number of hydrogen-bond donors (Lipinski definition) is 1. The Kier molecular flexibility index (Phi) is 8.09. The molecule has 0 bridgehead atoms. The van der Waals surface area contributed by atoms with Crippen LogP contribution in [0, 0.1) is 10.1 Å². The van der Waals surface area contributed by atoms with E-state index >= 15 is 0 Å². The highest BCUT2D eigenvalue weighted by molar-refractivity contribution is 9.10. The van der Waals surface area contributed by atoms with Gasteiger partial charge >= 0.3 is 0 Å². The molecule has 0 spiro atoms. The van der Waals surface area contributed by atoms with Crippen LogP contribution >= 0.6 is 39.1 Å². The van der Waals surface area contributed by atoms with E-state index in [2.05, 4.69) is 21.2 Å². The molecule has 0 aromatic heterocycles. The zero-order chi connectivity index (χ0) is 24.2. The molecular formula is C21H16BrCl2N3O5S. The Morgan fingerprint density at radius 3 is 2.36 bits per heavy atom. The van der Waals surface area contributed by atoms with Gasteiger partial charge in [-0.3, -0.25) is 14.9 Å². The zero-order valence-electron chi connectivity index (χ0n) is 16.7. The molecule has 0 unspecified atom stereocenters. The highest BCUT2D eigenvalue weighted by Crippen LogP contribution is 2.26. The van der Waals surface area contributed by atoms with E-state index in [0.29, 0.717) is 15.1 Å². The summed E-state index contributed by atoms with van der Waals surface area (Å²) in [6.07, 6.45) is 0. The van der Waals surface area contributed by atoms with Gasteiger partial charge in [-0.2, -0.15) is 4.31 Å². The third kappa shape index (κ3) is 6.52. The third-order valence-electron chi connectivity index (χ3n) is 4.46. The summed E-state index contributed by atoms with van der Waals surface area (Å²) in [6.45, 7) is -0.695. The topological polar surface area (TPSA) is 110 Å². The van der Waals surface area contributed by atoms with E-state index < -0.39 is 27.4 Å². The number of rotatable bonds is 8. The first-order valence-corrected chi connectivity index (χ1v) is 12.3. The molecule has 0 aliphatic carbocycles. The number of carbonyl (C=O) groups is 1. The van der Waals surface area contributed by atoms with Gasteiger partial charge in [-0.1, -0.05) is 51.3 Å². The second-order valence-corrected chi connectivity index (χ2v) is 10.5. The fourth-order valence-corrected chi connectivity index (χ4v) is 4.85. The molecule has 3 aromatic carbocycles. The maximum Gasteiger partial charge on any atom is 0.271 e. The van der Waals surface area contributed by atoms with Crippen molar-refractivity contribution >= 4 is 66.4 Å². The van der Waals surface area contributed by atoms with Crippen LogP contribution in [0.5, 0.6) is 0 Å². The van der Waals surface area contributed by atoms with Crippen molar-refractivity contribution in [2.75, 3.05) is 11.9 Å². The van der Waals surface area contributed by atoms with E-state index in [-0.39, 0.29) is 27.8 Å². The van der Waals surface area contributed by atoms with Gasteiger partial charge in [-0.05, 0) is 48.0 Å². The predicted molar refractivity (Wildman–Crippen MR) is 130 cm³/mol. The first-order chi connectivity index (χ1) is 15.6. The van der Waals surface area contributed by atoms with Crippen LogP contribution in [0.4, 0.5) is 11.4 Å². The highest BCUT2D eigenvalue weighted by Gasteiger charge is 2.27. The molecule has 0 heterocycles. The Balaban J connectivity index is 1.89. The van der Waals surface area contributed by atoms with Crippen LogP contribution in [-0.2, 0) is 21.4 Å². The van der Waals surface area contributed by atoms with Crippen molar-refractivity contribution in [3.05, 3.63) is 96.9 Å². The Labute approximate surface area is 208 Å². The molecule has 0 radical (unpaired) electrons. The average molecular weight is 573 g/mol. The summed E-state index contributed by atoms with van der Waals surface area (Å²) in [4.78, 5) is 23.1. The number of nitrogens with zero attached hydrogens (tertiary/aromatic N) is 2. The van der Waals surface area contributed by atoms with Crippen LogP contribution in [0.3, 0.4) is 0 Å². The van der Waals surface area contributed by atoms with Crippen molar-refractivity contribution in [2.24, 2.45) is 0 Å². The van der Waals surface area contributed by atoms with Gasteiger partial charge in [-0.15, -0.1) is 0 Å². The summed E-state index contributed by atoms with van der Waals surface area (Å²) in [5.74, 6) is -0.670. The summed E-state index contributed by atoms with van der Waals surface area (Å²) in [6, 6.07) is 16.0. The molecule has 3 rings (SSSR count). The number of non-ortho nitro benzene ring substituents is 1. The van der Waals surface area contributed by atoms with Crippen LogP contribution in [0.2, 0.25) is 10.0 Å².